The molecule has 2 unspecified atom stereocenters. The summed E-state index contributed by atoms with van der Waals surface area (Å²) in [7, 11) is 0. The molecule has 0 aliphatic carbocycles. The first-order valence-corrected chi connectivity index (χ1v) is 8.02. The van der Waals surface area contributed by atoms with E-state index in [1.165, 1.54) is 0 Å². The van der Waals surface area contributed by atoms with Crippen molar-refractivity contribution in [3.8, 4) is 0 Å². The number of amides is 1. The van der Waals surface area contributed by atoms with Crippen molar-refractivity contribution in [1.82, 2.24) is 9.80 Å². The maximum absolute atomic E-state index is 12.3. The molecule has 6 heteroatoms. The molecule has 3 fully saturated rings. The van der Waals surface area contributed by atoms with E-state index in [4.69, 9.17) is 4.74 Å². The number of aliphatic carboxylic acids is 1. The monoisotopic (exact) mass is 296 g/mol. The topological polar surface area (TPSA) is 70.1 Å². The number of ether oxygens (including phenoxy) is 1. The van der Waals surface area contributed by atoms with Gasteiger partial charge >= 0.3 is 5.97 Å². The molecule has 3 saturated heterocycles. The van der Waals surface area contributed by atoms with Crippen molar-refractivity contribution in [2.75, 3.05) is 32.8 Å². The van der Waals surface area contributed by atoms with Crippen molar-refractivity contribution in [3.05, 3.63) is 0 Å². The number of piperidine rings is 1. The number of likely N-dealkylation sites (tertiary alicyclic amines) is 2. The molecule has 0 aromatic heterocycles. The fraction of sp³-hybridized carbons (Fsp3) is 0.867. The number of rotatable bonds is 3. The van der Waals surface area contributed by atoms with Gasteiger partial charge < -0.3 is 14.7 Å². The summed E-state index contributed by atoms with van der Waals surface area (Å²) in [6, 6.07) is -0.00189. The maximum Gasteiger partial charge on any atom is 0.320 e. The van der Waals surface area contributed by atoms with Gasteiger partial charge in [-0.1, -0.05) is 0 Å². The smallest absolute Gasteiger partial charge is 0.320 e. The molecular formula is C15H24N2O4. The molecule has 1 amide bonds. The lowest BCUT2D eigenvalue weighted by Gasteiger charge is -2.39. The number of nitrogens with zero attached hydrogens (tertiary/aromatic N) is 2. The van der Waals surface area contributed by atoms with Crippen LogP contribution >= 0.6 is 0 Å². The van der Waals surface area contributed by atoms with Crippen molar-refractivity contribution < 1.29 is 19.4 Å². The summed E-state index contributed by atoms with van der Waals surface area (Å²) in [5, 5.41) is 9.28. The summed E-state index contributed by atoms with van der Waals surface area (Å²) in [4.78, 5) is 27.7. The molecule has 3 heterocycles. The summed E-state index contributed by atoms with van der Waals surface area (Å²) in [6.07, 6.45) is 4.35. The molecule has 0 saturated carbocycles. The molecule has 0 spiro atoms. The second kappa shape index (κ2) is 6.32. The number of carboxylic acid groups (broad SMARTS) is 1. The standard InChI is InChI=1S/C15H24N2O4/c18-14(11-5-9-21-10-11)16-7-3-12(4-8-16)17-6-1-2-13(17)15(19)20/h11-13H,1-10H2,(H,19,20). The van der Waals surface area contributed by atoms with Gasteiger partial charge in [-0.2, -0.15) is 0 Å². The van der Waals surface area contributed by atoms with Crippen LogP contribution in [0.4, 0.5) is 0 Å². The number of hydrogen-bond acceptors (Lipinski definition) is 4. The van der Waals surface area contributed by atoms with Crippen LogP contribution in [0.1, 0.15) is 32.1 Å². The number of hydrogen-bond donors (Lipinski definition) is 1. The zero-order valence-corrected chi connectivity index (χ0v) is 12.4. The van der Waals surface area contributed by atoms with E-state index in [2.05, 4.69) is 4.90 Å². The third kappa shape index (κ3) is 3.06. The fourth-order valence-corrected chi connectivity index (χ4v) is 3.90. The minimum absolute atomic E-state index is 0.0418. The third-order valence-corrected chi connectivity index (χ3v) is 5.10. The summed E-state index contributed by atoms with van der Waals surface area (Å²) in [6.45, 7) is 3.64. The third-order valence-electron chi connectivity index (χ3n) is 5.10. The number of carbonyl (C=O) groups is 2. The van der Waals surface area contributed by atoms with Crippen LogP contribution in [-0.2, 0) is 14.3 Å². The molecule has 3 rings (SSSR count). The van der Waals surface area contributed by atoms with Crippen LogP contribution in [0.25, 0.3) is 0 Å². The first-order chi connectivity index (χ1) is 10.2. The molecule has 3 aliphatic rings. The highest BCUT2D eigenvalue weighted by Gasteiger charge is 2.38. The lowest BCUT2D eigenvalue weighted by atomic mass is 9.99. The van der Waals surface area contributed by atoms with Gasteiger partial charge in [-0.15, -0.1) is 0 Å². The van der Waals surface area contributed by atoms with E-state index in [1.54, 1.807) is 0 Å². The second-order valence-electron chi connectivity index (χ2n) is 6.35. The Morgan fingerprint density at radius 1 is 1.05 bits per heavy atom. The Kier molecular flexibility index (Phi) is 4.45. The van der Waals surface area contributed by atoms with Crippen LogP contribution in [0.2, 0.25) is 0 Å². The average Bonchev–Trinajstić information content (AvgIpc) is 3.18. The van der Waals surface area contributed by atoms with Gasteiger partial charge in [0, 0.05) is 25.7 Å². The SMILES string of the molecule is O=C(O)C1CCCN1C1CCN(C(=O)C2CCOC2)CC1. The van der Waals surface area contributed by atoms with E-state index in [0.717, 1.165) is 51.7 Å². The highest BCUT2D eigenvalue weighted by molar-refractivity contribution is 5.79. The van der Waals surface area contributed by atoms with Crippen molar-refractivity contribution in [2.45, 2.75) is 44.2 Å². The van der Waals surface area contributed by atoms with E-state index >= 15 is 0 Å². The van der Waals surface area contributed by atoms with Gasteiger partial charge in [0.15, 0.2) is 0 Å². The van der Waals surface area contributed by atoms with Gasteiger partial charge in [-0.25, -0.2) is 0 Å². The maximum atomic E-state index is 12.3. The number of carboxylic acids is 1. The molecule has 0 radical (unpaired) electrons. The quantitative estimate of drug-likeness (QED) is 0.824. The first kappa shape index (κ1) is 14.8. The lowest BCUT2D eigenvalue weighted by Crippen LogP contribution is -2.50. The van der Waals surface area contributed by atoms with Crippen molar-refractivity contribution in [3.63, 3.8) is 0 Å². The predicted molar refractivity (Wildman–Crippen MR) is 75.9 cm³/mol. The van der Waals surface area contributed by atoms with Gasteiger partial charge in [-0.3, -0.25) is 14.5 Å². The van der Waals surface area contributed by atoms with Gasteiger partial charge in [0.2, 0.25) is 5.91 Å². The highest BCUT2D eigenvalue weighted by Crippen LogP contribution is 2.27. The average molecular weight is 296 g/mol. The Morgan fingerprint density at radius 2 is 1.81 bits per heavy atom. The van der Waals surface area contributed by atoms with Gasteiger partial charge in [-0.05, 0) is 38.6 Å². The van der Waals surface area contributed by atoms with Crippen LogP contribution in [0.5, 0.6) is 0 Å². The van der Waals surface area contributed by atoms with Crippen LogP contribution in [-0.4, -0.2) is 71.7 Å². The zero-order valence-electron chi connectivity index (χ0n) is 12.4. The zero-order chi connectivity index (χ0) is 14.8. The Labute approximate surface area is 125 Å². The van der Waals surface area contributed by atoms with Gasteiger partial charge in [0.25, 0.3) is 0 Å². The molecular weight excluding hydrogens is 272 g/mol. The van der Waals surface area contributed by atoms with Crippen molar-refractivity contribution >= 4 is 11.9 Å². The second-order valence-corrected chi connectivity index (χ2v) is 6.35. The molecule has 0 bridgehead atoms. The first-order valence-electron chi connectivity index (χ1n) is 8.02. The molecule has 21 heavy (non-hydrogen) atoms. The van der Waals surface area contributed by atoms with E-state index in [1.807, 2.05) is 4.90 Å². The van der Waals surface area contributed by atoms with Gasteiger partial charge in [0.05, 0.1) is 12.5 Å². The summed E-state index contributed by atoms with van der Waals surface area (Å²) in [5.74, 6) is -0.434. The van der Waals surface area contributed by atoms with Crippen LogP contribution in [0.3, 0.4) is 0 Å². The molecule has 118 valence electrons. The van der Waals surface area contributed by atoms with E-state index in [-0.39, 0.29) is 17.9 Å². The lowest BCUT2D eigenvalue weighted by molar-refractivity contribution is -0.144. The normalized spacial score (nSPS) is 31.7. The molecule has 0 aromatic carbocycles. The molecule has 1 N–H and O–H groups in total. The van der Waals surface area contributed by atoms with Crippen LogP contribution in [0.15, 0.2) is 0 Å². The molecule has 3 aliphatic heterocycles. The van der Waals surface area contributed by atoms with E-state index < -0.39 is 5.97 Å². The number of carbonyl (C=O) groups excluding carboxylic acids is 1. The van der Waals surface area contributed by atoms with Gasteiger partial charge in [0.1, 0.15) is 6.04 Å². The summed E-state index contributed by atoms with van der Waals surface area (Å²) in [5.41, 5.74) is 0. The summed E-state index contributed by atoms with van der Waals surface area (Å²) >= 11 is 0. The molecule has 6 nitrogen and oxygen atoms in total. The Morgan fingerprint density at radius 3 is 2.43 bits per heavy atom. The van der Waals surface area contributed by atoms with Crippen molar-refractivity contribution in [2.24, 2.45) is 5.92 Å². The highest BCUT2D eigenvalue weighted by atomic mass is 16.5. The van der Waals surface area contributed by atoms with Crippen LogP contribution in [0, 0.1) is 5.92 Å². The summed E-state index contributed by atoms with van der Waals surface area (Å²) < 4.78 is 5.29. The van der Waals surface area contributed by atoms with Crippen molar-refractivity contribution in [1.29, 1.82) is 0 Å². The Hall–Kier alpha value is -1.14. The minimum Gasteiger partial charge on any atom is -0.480 e. The fourth-order valence-electron chi connectivity index (χ4n) is 3.90. The Balaban J connectivity index is 1.52. The molecule has 2 atom stereocenters. The van der Waals surface area contributed by atoms with Crippen LogP contribution < -0.4 is 0 Å². The Bertz CT molecular complexity index is 400. The molecule has 0 aromatic rings. The predicted octanol–water partition coefficient (Wildman–Crippen LogP) is 0.563. The minimum atomic E-state index is -0.700. The largest absolute Gasteiger partial charge is 0.480 e. The van der Waals surface area contributed by atoms with E-state index in [9.17, 15) is 14.7 Å². The van der Waals surface area contributed by atoms with E-state index in [0.29, 0.717) is 19.3 Å².